The molecule has 10 heteroatoms. The number of hydrogen-bond donors (Lipinski definition) is 2. The number of aliphatic hydroxyl groups is 1. The number of nitrogens with one attached hydrogen (secondary N) is 1. The molecule has 2 aromatic heterocycles. The Labute approximate surface area is 188 Å². The molecular weight excluding hydrogens is 436 g/mol. The van der Waals surface area contributed by atoms with E-state index in [0.717, 1.165) is 61.6 Å². The summed E-state index contributed by atoms with van der Waals surface area (Å²) in [6.07, 6.45) is 7.92. The van der Waals surface area contributed by atoms with Gasteiger partial charge in [0.1, 0.15) is 16.5 Å². The summed E-state index contributed by atoms with van der Waals surface area (Å²) in [5, 5.41) is 14.0. The van der Waals surface area contributed by atoms with Gasteiger partial charge in [0.2, 0.25) is 5.95 Å². The van der Waals surface area contributed by atoms with Crippen molar-refractivity contribution in [2.75, 3.05) is 35.7 Å². The van der Waals surface area contributed by atoms with Crippen LogP contribution in [0, 0.1) is 11.8 Å². The lowest BCUT2D eigenvalue weighted by atomic mass is 9.77. The highest BCUT2D eigenvalue weighted by atomic mass is 35.5. The molecule has 0 radical (unpaired) electrons. The largest absolute Gasteiger partial charge is 0.394 e. The number of nitrogens with zero attached hydrogens (tertiary/aromatic N) is 5. The van der Waals surface area contributed by atoms with Crippen molar-refractivity contribution < 1.29 is 9.32 Å². The highest BCUT2D eigenvalue weighted by molar-refractivity contribution is 7.85. The molecule has 2 aromatic rings. The van der Waals surface area contributed by atoms with E-state index in [1.54, 1.807) is 12.4 Å². The summed E-state index contributed by atoms with van der Waals surface area (Å²) in [7, 11) is -1.10. The molecule has 1 saturated heterocycles. The lowest BCUT2D eigenvalue weighted by Gasteiger charge is -2.42. The van der Waals surface area contributed by atoms with Crippen LogP contribution in [-0.4, -0.2) is 60.2 Å². The molecule has 6 rings (SSSR count). The Balaban J connectivity index is 1.26. The summed E-state index contributed by atoms with van der Waals surface area (Å²) in [6.45, 7) is 1.80. The van der Waals surface area contributed by atoms with Gasteiger partial charge < -0.3 is 15.3 Å². The van der Waals surface area contributed by atoms with Crippen LogP contribution < -0.4 is 10.2 Å². The van der Waals surface area contributed by atoms with Crippen LogP contribution in [-0.2, 0) is 17.2 Å². The van der Waals surface area contributed by atoms with Gasteiger partial charge in [-0.3, -0.25) is 4.21 Å². The van der Waals surface area contributed by atoms with Crippen molar-refractivity contribution in [1.82, 2.24) is 19.9 Å². The van der Waals surface area contributed by atoms with Crippen LogP contribution in [0.5, 0.6) is 0 Å². The second-order valence-electron chi connectivity index (χ2n) is 9.24. The van der Waals surface area contributed by atoms with E-state index in [-0.39, 0.29) is 12.1 Å². The van der Waals surface area contributed by atoms with Gasteiger partial charge >= 0.3 is 0 Å². The summed E-state index contributed by atoms with van der Waals surface area (Å²) < 4.78 is 12.8. The van der Waals surface area contributed by atoms with Crippen LogP contribution in [0.1, 0.15) is 43.1 Å². The molecule has 0 amide bonds. The third-order valence-electron chi connectivity index (χ3n) is 7.31. The van der Waals surface area contributed by atoms with Gasteiger partial charge in [0.25, 0.3) is 0 Å². The van der Waals surface area contributed by atoms with Gasteiger partial charge in [0.15, 0.2) is 0 Å². The lowest BCUT2D eigenvalue weighted by molar-refractivity contribution is 0.143. The normalized spacial score (nSPS) is 30.3. The van der Waals surface area contributed by atoms with Crippen molar-refractivity contribution >= 4 is 34.2 Å². The fraction of sp³-hybridized carbons (Fsp3) is 0.619. The Morgan fingerprint density at radius 1 is 1.19 bits per heavy atom. The van der Waals surface area contributed by atoms with Crippen LogP contribution in [0.4, 0.5) is 11.8 Å². The van der Waals surface area contributed by atoms with E-state index in [4.69, 9.17) is 21.6 Å². The number of rotatable bonds is 5. The smallest absolute Gasteiger partial charge is 0.227 e. The van der Waals surface area contributed by atoms with Crippen molar-refractivity contribution in [2.24, 2.45) is 11.8 Å². The Morgan fingerprint density at radius 3 is 2.58 bits per heavy atom. The Morgan fingerprint density at radius 2 is 1.94 bits per heavy atom. The average Bonchev–Trinajstić information content (AvgIpc) is 3.23. The maximum atomic E-state index is 12.8. The van der Waals surface area contributed by atoms with Crippen molar-refractivity contribution in [3.63, 3.8) is 0 Å². The first-order valence-corrected chi connectivity index (χ1v) is 12.7. The van der Waals surface area contributed by atoms with E-state index in [1.165, 1.54) is 0 Å². The van der Waals surface area contributed by atoms with E-state index in [9.17, 15) is 9.32 Å². The molecule has 3 fully saturated rings. The highest BCUT2D eigenvalue weighted by Crippen LogP contribution is 2.57. The number of aryl methyl sites for hydroxylation is 1. The molecule has 1 unspecified atom stereocenters. The molecule has 2 aliphatic heterocycles. The van der Waals surface area contributed by atoms with E-state index < -0.39 is 10.8 Å². The third kappa shape index (κ3) is 3.32. The van der Waals surface area contributed by atoms with Crippen LogP contribution in [0.3, 0.4) is 0 Å². The SMILES string of the molecule is O=[S@@]1CCCc2nc(N3C[C@@H]4C(c5ncc(Cl)cn5)[C@@H]4C3)nc(NC3(CO)CCC3)c21. The van der Waals surface area contributed by atoms with Gasteiger partial charge in [-0.25, -0.2) is 15.0 Å². The minimum Gasteiger partial charge on any atom is -0.394 e. The molecule has 4 aliphatic rings. The number of hydrogen-bond acceptors (Lipinski definition) is 8. The second kappa shape index (κ2) is 7.35. The van der Waals surface area contributed by atoms with Crippen LogP contribution in [0.15, 0.2) is 17.3 Å². The first-order chi connectivity index (χ1) is 15.1. The third-order valence-corrected chi connectivity index (χ3v) is 9.05. The Bertz CT molecular complexity index is 1030. The van der Waals surface area contributed by atoms with Crippen molar-refractivity contribution in [3.8, 4) is 0 Å². The molecular formula is C21H25ClN6O2S. The Hall–Kier alpha value is -1.84. The molecule has 4 heterocycles. The molecule has 8 nitrogen and oxygen atoms in total. The summed E-state index contributed by atoms with van der Waals surface area (Å²) in [6, 6.07) is 0. The zero-order valence-corrected chi connectivity index (χ0v) is 18.7. The van der Waals surface area contributed by atoms with E-state index in [0.29, 0.717) is 40.3 Å². The average molecular weight is 461 g/mol. The van der Waals surface area contributed by atoms with Crippen LogP contribution >= 0.6 is 11.6 Å². The van der Waals surface area contributed by atoms with E-state index in [1.807, 2.05) is 0 Å². The van der Waals surface area contributed by atoms with Crippen molar-refractivity contribution in [1.29, 1.82) is 0 Å². The number of piperidine rings is 1. The molecule has 0 aromatic carbocycles. The van der Waals surface area contributed by atoms with Crippen LogP contribution in [0.25, 0.3) is 0 Å². The van der Waals surface area contributed by atoms with Crippen molar-refractivity contribution in [3.05, 3.63) is 28.9 Å². The minimum atomic E-state index is -1.10. The molecule has 0 spiro atoms. The number of aromatic nitrogens is 4. The standard InChI is InChI=1S/C21H25ClN6O2S/c22-12-7-23-18(24-8-12)16-13-9-28(10-14(13)16)20-25-15-3-1-6-31(30)17(15)19(26-20)27-21(11-29)4-2-5-21/h7-8,13-14,16,29H,1-6,9-11H2,(H,25,26,27)/t13-,14+,16?,31-/m1/s1. The van der Waals surface area contributed by atoms with Crippen molar-refractivity contribution in [2.45, 2.75) is 48.5 Å². The summed E-state index contributed by atoms with van der Waals surface area (Å²) >= 11 is 5.92. The number of anilines is 2. The topological polar surface area (TPSA) is 104 Å². The molecule has 2 N–H and O–H groups in total. The summed E-state index contributed by atoms with van der Waals surface area (Å²) in [5.74, 6) is 4.26. The van der Waals surface area contributed by atoms with Gasteiger partial charge in [-0.2, -0.15) is 4.98 Å². The zero-order chi connectivity index (χ0) is 21.2. The monoisotopic (exact) mass is 460 g/mol. The number of aliphatic hydroxyl groups excluding tert-OH is 1. The molecule has 0 bridgehead atoms. The van der Waals surface area contributed by atoms with Gasteiger partial charge in [0, 0.05) is 37.2 Å². The van der Waals surface area contributed by atoms with E-state index in [2.05, 4.69) is 20.2 Å². The Kier molecular flexibility index (Phi) is 4.70. The maximum Gasteiger partial charge on any atom is 0.227 e. The molecule has 31 heavy (non-hydrogen) atoms. The maximum absolute atomic E-state index is 12.8. The lowest BCUT2D eigenvalue weighted by Crippen LogP contribution is -2.49. The predicted molar refractivity (Wildman–Crippen MR) is 118 cm³/mol. The van der Waals surface area contributed by atoms with Gasteiger partial charge in [-0.1, -0.05) is 11.6 Å². The highest BCUT2D eigenvalue weighted by Gasteiger charge is 2.58. The quantitative estimate of drug-likeness (QED) is 0.699. The molecule has 2 aliphatic carbocycles. The molecule has 2 saturated carbocycles. The van der Waals surface area contributed by atoms with E-state index >= 15 is 0 Å². The van der Waals surface area contributed by atoms with Gasteiger partial charge in [0.05, 0.1) is 33.7 Å². The number of halogens is 1. The minimum absolute atomic E-state index is 0.0599. The second-order valence-corrected chi connectivity index (χ2v) is 11.2. The first-order valence-electron chi connectivity index (χ1n) is 11.0. The number of fused-ring (bicyclic) bond motifs is 2. The summed E-state index contributed by atoms with van der Waals surface area (Å²) in [4.78, 5) is 21.5. The fourth-order valence-electron chi connectivity index (χ4n) is 5.34. The molecule has 164 valence electrons. The predicted octanol–water partition coefficient (Wildman–Crippen LogP) is 2.15. The fourth-order valence-corrected chi connectivity index (χ4v) is 6.77. The molecule has 4 atom stereocenters. The first kappa shape index (κ1) is 19.8. The zero-order valence-electron chi connectivity index (χ0n) is 17.1. The summed E-state index contributed by atoms with van der Waals surface area (Å²) in [5.41, 5.74) is 0.549. The van der Waals surface area contributed by atoms with Crippen LogP contribution in [0.2, 0.25) is 5.02 Å². The van der Waals surface area contributed by atoms with Gasteiger partial charge in [-0.05, 0) is 43.9 Å². The van der Waals surface area contributed by atoms with Gasteiger partial charge in [-0.15, -0.1) is 0 Å².